The highest BCUT2D eigenvalue weighted by Crippen LogP contribution is 2.34. The molecular weight excluding hydrogens is 348 g/mol. The number of carboxylic acid groups (broad SMARTS) is 1. The zero-order valence-electron chi connectivity index (χ0n) is 10.5. The summed E-state index contributed by atoms with van der Waals surface area (Å²) in [5.74, 6) is -0.165. The topological polar surface area (TPSA) is 46.5 Å². The molecule has 0 atom stereocenters. The van der Waals surface area contributed by atoms with Gasteiger partial charge >= 0.3 is 5.97 Å². The standard InChI is InChI=1S/C13H13BrO3S2/c1-7(2)11-4-10(12(19-11)13(15)16)17-5-9-3-8(14)6-18-9/h3-4,6-7H,5H2,1-2H3,(H,15,16). The average Bonchev–Trinajstić information content (AvgIpc) is 2.92. The molecule has 0 aliphatic carbocycles. The second-order valence-electron chi connectivity index (χ2n) is 4.32. The van der Waals surface area contributed by atoms with Gasteiger partial charge in [0, 0.05) is 19.6 Å². The predicted molar refractivity (Wildman–Crippen MR) is 81.7 cm³/mol. The second kappa shape index (κ2) is 6.07. The van der Waals surface area contributed by atoms with Gasteiger partial charge in [-0.05, 0) is 34.0 Å². The smallest absolute Gasteiger partial charge is 0.349 e. The van der Waals surface area contributed by atoms with Crippen LogP contribution in [0.25, 0.3) is 0 Å². The van der Waals surface area contributed by atoms with Gasteiger partial charge < -0.3 is 9.84 Å². The Bertz CT molecular complexity index is 586. The maximum Gasteiger partial charge on any atom is 0.349 e. The van der Waals surface area contributed by atoms with Gasteiger partial charge in [0.15, 0.2) is 4.88 Å². The largest absolute Gasteiger partial charge is 0.486 e. The van der Waals surface area contributed by atoms with E-state index in [2.05, 4.69) is 15.9 Å². The molecule has 2 heterocycles. The summed E-state index contributed by atoms with van der Waals surface area (Å²) in [7, 11) is 0. The molecule has 0 aliphatic heterocycles. The van der Waals surface area contributed by atoms with Gasteiger partial charge in [0.1, 0.15) is 12.4 Å². The van der Waals surface area contributed by atoms with Crippen LogP contribution in [0, 0.1) is 0 Å². The Morgan fingerprint density at radius 2 is 2.21 bits per heavy atom. The summed E-state index contributed by atoms with van der Waals surface area (Å²) in [6, 6.07) is 3.81. The lowest BCUT2D eigenvalue weighted by Gasteiger charge is -2.03. The molecule has 3 nitrogen and oxygen atoms in total. The minimum atomic E-state index is -0.931. The highest BCUT2D eigenvalue weighted by Gasteiger charge is 2.18. The SMILES string of the molecule is CC(C)c1cc(OCc2cc(Br)cs2)c(C(=O)O)s1. The van der Waals surface area contributed by atoms with Gasteiger partial charge in [-0.2, -0.15) is 0 Å². The number of carboxylic acids is 1. The Morgan fingerprint density at radius 1 is 1.47 bits per heavy atom. The third-order valence-corrected chi connectivity index (χ3v) is 5.55. The molecular formula is C13H13BrO3S2. The number of hydrogen-bond acceptors (Lipinski definition) is 4. The van der Waals surface area contributed by atoms with E-state index in [1.807, 2.05) is 31.4 Å². The molecule has 6 heteroatoms. The van der Waals surface area contributed by atoms with E-state index in [1.165, 1.54) is 11.3 Å². The summed E-state index contributed by atoms with van der Waals surface area (Å²) in [6.45, 7) is 4.47. The molecule has 0 saturated carbocycles. The van der Waals surface area contributed by atoms with Crippen molar-refractivity contribution in [2.75, 3.05) is 0 Å². The number of carbonyl (C=O) groups is 1. The number of thiophene rings is 2. The van der Waals surface area contributed by atoms with E-state index in [4.69, 9.17) is 4.74 Å². The molecule has 0 unspecified atom stereocenters. The lowest BCUT2D eigenvalue weighted by Crippen LogP contribution is -1.98. The van der Waals surface area contributed by atoms with Crippen molar-refractivity contribution >= 4 is 44.6 Å². The Hall–Kier alpha value is -0.850. The zero-order chi connectivity index (χ0) is 14.0. The molecule has 102 valence electrons. The summed E-state index contributed by atoms with van der Waals surface area (Å²) < 4.78 is 6.66. The molecule has 2 aromatic heterocycles. The minimum absolute atomic E-state index is 0.277. The van der Waals surface area contributed by atoms with Crippen LogP contribution in [-0.2, 0) is 6.61 Å². The van der Waals surface area contributed by atoms with Crippen molar-refractivity contribution in [2.24, 2.45) is 0 Å². The van der Waals surface area contributed by atoms with Crippen molar-refractivity contribution in [1.29, 1.82) is 0 Å². The molecule has 0 aliphatic rings. The molecule has 0 bridgehead atoms. The van der Waals surface area contributed by atoms with Crippen LogP contribution in [0.2, 0.25) is 0 Å². The van der Waals surface area contributed by atoms with E-state index >= 15 is 0 Å². The van der Waals surface area contributed by atoms with Crippen LogP contribution in [0.3, 0.4) is 0 Å². The van der Waals surface area contributed by atoms with Gasteiger partial charge in [-0.1, -0.05) is 13.8 Å². The monoisotopic (exact) mass is 360 g/mol. The maximum absolute atomic E-state index is 11.2. The molecule has 2 rings (SSSR count). The molecule has 0 aromatic carbocycles. The highest BCUT2D eigenvalue weighted by molar-refractivity contribution is 9.10. The van der Waals surface area contributed by atoms with Crippen LogP contribution in [0.15, 0.2) is 22.0 Å². The van der Waals surface area contributed by atoms with Gasteiger partial charge in [0.25, 0.3) is 0 Å². The van der Waals surface area contributed by atoms with Crippen molar-refractivity contribution in [3.05, 3.63) is 36.6 Å². The van der Waals surface area contributed by atoms with Gasteiger partial charge in [0.05, 0.1) is 0 Å². The first-order valence-electron chi connectivity index (χ1n) is 5.70. The first-order valence-corrected chi connectivity index (χ1v) is 8.19. The third-order valence-electron chi connectivity index (χ3n) is 2.47. The fraction of sp³-hybridized carbons (Fsp3) is 0.308. The number of ether oxygens (including phenoxy) is 1. The number of rotatable bonds is 5. The summed E-state index contributed by atoms with van der Waals surface area (Å²) in [5, 5.41) is 11.2. The molecule has 0 spiro atoms. The van der Waals surface area contributed by atoms with E-state index in [0.29, 0.717) is 18.3 Å². The number of hydrogen-bond donors (Lipinski definition) is 1. The molecule has 0 saturated heterocycles. The molecule has 0 fully saturated rings. The van der Waals surface area contributed by atoms with Crippen LogP contribution in [0.4, 0.5) is 0 Å². The predicted octanol–water partition coefficient (Wildman–Crippen LogP) is 4.97. The van der Waals surface area contributed by atoms with Crippen molar-refractivity contribution in [3.63, 3.8) is 0 Å². The summed E-state index contributed by atoms with van der Waals surface area (Å²) >= 11 is 6.25. The van der Waals surface area contributed by atoms with E-state index in [0.717, 1.165) is 14.2 Å². The molecule has 0 amide bonds. The second-order valence-corrected chi connectivity index (χ2v) is 7.32. The van der Waals surface area contributed by atoms with Gasteiger partial charge in [-0.25, -0.2) is 4.79 Å². The first kappa shape index (κ1) is 14.6. The van der Waals surface area contributed by atoms with Crippen molar-refractivity contribution in [2.45, 2.75) is 26.4 Å². The fourth-order valence-corrected chi connectivity index (χ4v) is 3.82. The van der Waals surface area contributed by atoms with Gasteiger partial charge in [-0.15, -0.1) is 22.7 Å². The molecule has 2 aromatic rings. The Kier molecular flexibility index (Phi) is 4.65. The molecule has 1 N–H and O–H groups in total. The molecule has 0 radical (unpaired) electrons. The summed E-state index contributed by atoms with van der Waals surface area (Å²) in [5.41, 5.74) is 0. The highest BCUT2D eigenvalue weighted by atomic mass is 79.9. The summed E-state index contributed by atoms with van der Waals surface area (Å²) in [4.78, 5) is 13.6. The minimum Gasteiger partial charge on any atom is -0.486 e. The van der Waals surface area contributed by atoms with E-state index < -0.39 is 5.97 Å². The Morgan fingerprint density at radius 3 is 2.74 bits per heavy atom. The van der Waals surface area contributed by atoms with E-state index in [1.54, 1.807) is 11.3 Å². The van der Waals surface area contributed by atoms with Crippen molar-refractivity contribution in [3.8, 4) is 5.75 Å². The van der Waals surface area contributed by atoms with Crippen LogP contribution in [0.5, 0.6) is 5.75 Å². The quantitative estimate of drug-likeness (QED) is 0.818. The van der Waals surface area contributed by atoms with Crippen LogP contribution < -0.4 is 4.74 Å². The zero-order valence-corrected chi connectivity index (χ0v) is 13.7. The lowest BCUT2D eigenvalue weighted by atomic mass is 10.2. The lowest BCUT2D eigenvalue weighted by molar-refractivity contribution is 0.0697. The van der Waals surface area contributed by atoms with Crippen LogP contribution >= 0.6 is 38.6 Å². The first-order chi connectivity index (χ1) is 8.97. The average molecular weight is 361 g/mol. The van der Waals surface area contributed by atoms with Crippen molar-refractivity contribution < 1.29 is 14.6 Å². The number of aromatic carboxylic acids is 1. The Labute approximate surface area is 128 Å². The van der Waals surface area contributed by atoms with Crippen LogP contribution in [-0.4, -0.2) is 11.1 Å². The van der Waals surface area contributed by atoms with Gasteiger partial charge in [0.2, 0.25) is 0 Å². The third kappa shape index (κ3) is 3.58. The van der Waals surface area contributed by atoms with Crippen molar-refractivity contribution in [1.82, 2.24) is 0 Å². The molecule has 19 heavy (non-hydrogen) atoms. The number of halogens is 1. The van der Waals surface area contributed by atoms with Crippen LogP contribution in [0.1, 0.15) is 39.2 Å². The summed E-state index contributed by atoms with van der Waals surface area (Å²) in [6.07, 6.45) is 0. The normalized spacial score (nSPS) is 10.9. The van der Waals surface area contributed by atoms with E-state index in [-0.39, 0.29) is 4.88 Å². The Balaban J connectivity index is 2.16. The van der Waals surface area contributed by atoms with E-state index in [9.17, 15) is 9.90 Å². The maximum atomic E-state index is 11.2. The fourth-order valence-electron chi connectivity index (χ4n) is 1.51. The van der Waals surface area contributed by atoms with Gasteiger partial charge in [-0.3, -0.25) is 0 Å².